The van der Waals surface area contributed by atoms with Gasteiger partial charge in [0.05, 0.1) is 6.04 Å². The first-order valence-corrected chi connectivity index (χ1v) is 7.24. The smallest absolute Gasteiger partial charge is 0.128 e. The molecule has 2 aromatic rings. The van der Waals surface area contributed by atoms with Gasteiger partial charge in [0.2, 0.25) is 0 Å². The van der Waals surface area contributed by atoms with Crippen LogP contribution in [0.3, 0.4) is 0 Å². The van der Waals surface area contributed by atoms with E-state index >= 15 is 0 Å². The molecule has 0 aromatic heterocycles. The third kappa shape index (κ3) is 2.75. The van der Waals surface area contributed by atoms with Gasteiger partial charge in [-0.2, -0.15) is 0 Å². The lowest BCUT2D eigenvalue weighted by Crippen LogP contribution is -2.24. The van der Waals surface area contributed by atoms with Gasteiger partial charge in [0.1, 0.15) is 11.6 Å². The fraction of sp³-hybridized carbons (Fsp3) is 0.294. The molecule has 1 unspecified atom stereocenters. The Hall–Kier alpha value is -1.61. The first-order valence-electron chi connectivity index (χ1n) is 6.86. The lowest BCUT2D eigenvalue weighted by atomic mass is 9.85. The number of hydrogen-bond donors (Lipinski definition) is 1. The molecule has 0 fully saturated rings. The molecule has 0 saturated carbocycles. The SMILES string of the molecule is CC1(C)Cc2ccc(Cl)cc2C1Nc1cc(F)cc(F)c1. The number of anilines is 1. The van der Waals surface area contributed by atoms with Crippen LogP contribution in [0, 0.1) is 17.0 Å². The molecule has 0 heterocycles. The molecular formula is C17H16ClF2N. The second-order valence-corrected chi connectivity index (χ2v) is 6.68. The zero-order valence-electron chi connectivity index (χ0n) is 11.9. The third-order valence-electron chi connectivity index (χ3n) is 4.02. The van der Waals surface area contributed by atoms with Crippen LogP contribution >= 0.6 is 11.6 Å². The van der Waals surface area contributed by atoms with Crippen LogP contribution in [-0.4, -0.2) is 0 Å². The lowest BCUT2D eigenvalue weighted by Gasteiger charge is -2.29. The second-order valence-electron chi connectivity index (χ2n) is 6.24. The molecule has 2 aromatic carbocycles. The highest BCUT2D eigenvalue weighted by atomic mass is 35.5. The van der Waals surface area contributed by atoms with Gasteiger partial charge >= 0.3 is 0 Å². The van der Waals surface area contributed by atoms with Crippen LogP contribution in [0.1, 0.15) is 31.0 Å². The van der Waals surface area contributed by atoms with Crippen molar-refractivity contribution >= 4 is 17.3 Å². The van der Waals surface area contributed by atoms with Crippen molar-refractivity contribution in [3.8, 4) is 0 Å². The number of rotatable bonds is 2. The first-order chi connectivity index (χ1) is 9.85. The van der Waals surface area contributed by atoms with Gasteiger partial charge in [-0.25, -0.2) is 8.78 Å². The fourth-order valence-corrected chi connectivity index (χ4v) is 3.27. The summed E-state index contributed by atoms with van der Waals surface area (Å²) < 4.78 is 26.7. The van der Waals surface area contributed by atoms with Gasteiger partial charge < -0.3 is 5.32 Å². The molecule has 0 bridgehead atoms. The average Bonchev–Trinajstić information content (AvgIpc) is 2.60. The highest BCUT2D eigenvalue weighted by Gasteiger charge is 2.39. The zero-order chi connectivity index (χ0) is 15.2. The van der Waals surface area contributed by atoms with E-state index < -0.39 is 11.6 Å². The maximum absolute atomic E-state index is 13.4. The summed E-state index contributed by atoms with van der Waals surface area (Å²) in [5.74, 6) is -1.17. The largest absolute Gasteiger partial charge is 0.378 e. The van der Waals surface area contributed by atoms with Crippen LogP contribution < -0.4 is 5.32 Å². The summed E-state index contributed by atoms with van der Waals surface area (Å²) in [6.07, 6.45) is 0.898. The van der Waals surface area contributed by atoms with Crippen LogP contribution in [0.15, 0.2) is 36.4 Å². The molecule has 1 aliphatic carbocycles. The van der Waals surface area contributed by atoms with E-state index in [0.717, 1.165) is 18.1 Å². The van der Waals surface area contributed by atoms with Crippen LogP contribution in [-0.2, 0) is 6.42 Å². The Kier molecular flexibility index (Phi) is 3.40. The van der Waals surface area contributed by atoms with E-state index in [1.807, 2.05) is 18.2 Å². The minimum Gasteiger partial charge on any atom is -0.378 e. The van der Waals surface area contributed by atoms with Crippen molar-refractivity contribution in [3.63, 3.8) is 0 Å². The molecule has 110 valence electrons. The minimum absolute atomic E-state index is 0.0348. The molecule has 0 spiro atoms. The number of hydrogen-bond acceptors (Lipinski definition) is 1. The fourth-order valence-electron chi connectivity index (χ4n) is 3.09. The third-order valence-corrected chi connectivity index (χ3v) is 4.26. The van der Waals surface area contributed by atoms with Crippen molar-refractivity contribution in [2.75, 3.05) is 5.32 Å². The Morgan fingerprint density at radius 3 is 2.43 bits per heavy atom. The van der Waals surface area contributed by atoms with Gasteiger partial charge in [0.25, 0.3) is 0 Å². The first kappa shape index (κ1) is 14.3. The van der Waals surface area contributed by atoms with Gasteiger partial charge in [0.15, 0.2) is 0 Å². The zero-order valence-corrected chi connectivity index (χ0v) is 12.6. The molecule has 1 nitrogen and oxygen atoms in total. The molecule has 4 heteroatoms. The van der Waals surface area contributed by atoms with Crippen molar-refractivity contribution < 1.29 is 8.78 Å². The second kappa shape index (κ2) is 4.99. The summed E-state index contributed by atoms with van der Waals surface area (Å²) in [4.78, 5) is 0. The van der Waals surface area contributed by atoms with Crippen LogP contribution in [0.5, 0.6) is 0 Å². The Bertz CT molecular complexity index is 677. The molecule has 0 amide bonds. The molecule has 1 N–H and O–H groups in total. The number of halogens is 3. The van der Waals surface area contributed by atoms with E-state index in [2.05, 4.69) is 19.2 Å². The normalized spacial score (nSPS) is 19.4. The van der Waals surface area contributed by atoms with Gasteiger partial charge in [-0.05, 0) is 47.2 Å². The molecule has 21 heavy (non-hydrogen) atoms. The monoisotopic (exact) mass is 307 g/mol. The maximum Gasteiger partial charge on any atom is 0.128 e. The summed E-state index contributed by atoms with van der Waals surface area (Å²) in [6.45, 7) is 4.27. The van der Waals surface area contributed by atoms with Crippen molar-refractivity contribution in [1.82, 2.24) is 0 Å². The highest BCUT2D eigenvalue weighted by molar-refractivity contribution is 6.30. The van der Waals surface area contributed by atoms with E-state index in [0.29, 0.717) is 10.7 Å². The van der Waals surface area contributed by atoms with Crippen molar-refractivity contribution in [2.24, 2.45) is 5.41 Å². The van der Waals surface area contributed by atoms with E-state index in [1.165, 1.54) is 17.7 Å². The number of benzene rings is 2. The summed E-state index contributed by atoms with van der Waals surface area (Å²) >= 11 is 6.09. The van der Waals surface area contributed by atoms with Crippen LogP contribution in [0.2, 0.25) is 5.02 Å². The quantitative estimate of drug-likeness (QED) is 0.788. The van der Waals surface area contributed by atoms with Crippen LogP contribution in [0.4, 0.5) is 14.5 Å². The minimum atomic E-state index is -0.584. The van der Waals surface area contributed by atoms with E-state index in [1.54, 1.807) is 0 Å². The molecule has 1 atom stereocenters. The maximum atomic E-state index is 13.4. The van der Waals surface area contributed by atoms with Crippen molar-refractivity contribution in [1.29, 1.82) is 0 Å². The standard InChI is InChI=1S/C17H16ClF2N/c1-17(2)9-10-3-4-11(18)5-15(10)16(17)21-14-7-12(19)6-13(20)8-14/h3-8,16,21H,9H2,1-2H3. The summed E-state index contributed by atoms with van der Waals surface area (Å²) in [6, 6.07) is 9.28. The predicted molar refractivity (Wildman–Crippen MR) is 81.7 cm³/mol. The Balaban J connectivity index is 1.99. The van der Waals surface area contributed by atoms with Crippen molar-refractivity contribution in [2.45, 2.75) is 26.3 Å². The summed E-state index contributed by atoms with van der Waals surface area (Å²) in [7, 11) is 0. The van der Waals surface area contributed by atoms with Gasteiger partial charge in [-0.15, -0.1) is 0 Å². The summed E-state index contributed by atoms with van der Waals surface area (Å²) in [5, 5.41) is 3.93. The lowest BCUT2D eigenvalue weighted by molar-refractivity contribution is 0.337. The van der Waals surface area contributed by atoms with E-state index in [4.69, 9.17) is 11.6 Å². The van der Waals surface area contributed by atoms with Gasteiger partial charge in [0, 0.05) is 16.8 Å². The molecule has 1 aliphatic rings. The highest BCUT2D eigenvalue weighted by Crippen LogP contribution is 2.47. The van der Waals surface area contributed by atoms with Gasteiger partial charge in [-0.3, -0.25) is 0 Å². The molecular weight excluding hydrogens is 292 g/mol. The van der Waals surface area contributed by atoms with Crippen LogP contribution in [0.25, 0.3) is 0 Å². The van der Waals surface area contributed by atoms with Gasteiger partial charge in [-0.1, -0.05) is 31.5 Å². The van der Waals surface area contributed by atoms with E-state index in [9.17, 15) is 8.78 Å². The molecule has 0 radical (unpaired) electrons. The Morgan fingerprint density at radius 2 is 1.76 bits per heavy atom. The number of nitrogens with one attached hydrogen (secondary N) is 1. The molecule has 0 saturated heterocycles. The van der Waals surface area contributed by atoms with Crippen molar-refractivity contribution in [3.05, 3.63) is 64.2 Å². The topological polar surface area (TPSA) is 12.0 Å². The average molecular weight is 308 g/mol. The predicted octanol–water partition coefficient (Wildman–Crippen LogP) is 5.35. The Morgan fingerprint density at radius 1 is 1.10 bits per heavy atom. The molecule has 0 aliphatic heterocycles. The number of fused-ring (bicyclic) bond motifs is 1. The molecule has 3 rings (SSSR count). The Labute approximate surface area is 127 Å². The van der Waals surface area contributed by atoms with E-state index in [-0.39, 0.29) is 11.5 Å². The summed E-state index contributed by atoms with van der Waals surface area (Å²) in [5.41, 5.74) is 2.70.